The third-order valence-corrected chi connectivity index (χ3v) is 11.8. The van der Waals surface area contributed by atoms with E-state index in [0.29, 0.717) is 25.7 Å². The molecule has 1 aliphatic carbocycles. The van der Waals surface area contributed by atoms with Gasteiger partial charge >= 0.3 is 27.6 Å². The lowest BCUT2D eigenvalue weighted by Crippen LogP contribution is -2.64. The van der Waals surface area contributed by atoms with E-state index in [0.717, 1.165) is 77.0 Å². The van der Waals surface area contributed by atoms with Crippen LogP contribution in [-0.2, 0) is 41.8 Å². The number of allylic oxidation sites excluding steroid dienone is 11. The van der Waals surface area contributed by atoms with Crippen molar-refractivity contribution in [2.75, 3.05) is 13.2 Å². The number of hydrogen-bond donors (Lipinski definition) is 8. The van der Waals surface area contributed by atoms with Gasteiger partial charge in [0.15, 0.2) is 6.10 Å². The van der Waals surface area contributed by atoms with E-state index >= 15 is 0 Å². The molecule has 5 unspecified atom stereocenters. The first-order valence-corrected chi connectivity index (χ1v) is 26.6. The van der Waals surface area contributed by atoms with Gasteiger partial charge in [-0.3, -0.25) is 23.2 Å². The summed E-state index contributed by atoms with van der Waals surface area (Å²) in [5.74, 6) is -1.32. The van der Waals surface area contributed by atoms with Gasteiger partial charge in [0.25, 0.3) is 0 Å². The third kappa shape index (κ3) is 31.4. The zero-order valence-corrected chi connectivity index (χ0v) is 40.7. The first kappa shape index (κ1) is 61.4. The quantitative estimate of drug-likeness (QED) is 0.0127. The van der Waals surface area contributed by atoms with Crippen molar-refractivity contribution in [3.63, 3.8) is 0 Å². The minimum Gasteiger partial charge on any atom is -0.462 e. The maximum absolute atomic E-state index is 13.0. The maximum Gasteiger partial charge on any atom is 0.472 e. The van der Waals surface area contributed by atoms with Gasteiger partial charge < -0.3 is 49.7 Å². The number of unbranched alkanes of at least 4 members (excludes halogenated alkanes) is 10. The number of phosphoric acid groups is 2. The molecule has 0 radical (unpaired) electrons. The molecule has 9 atom stereocenters. The highest BCUT2D eigenvalue weighted by Gasteiger charge is 2.54. The topological polar surface area (TPSA) is 276 Å². The molecule has 0 saturated heterocycles. The lowest BCUT2D eigenvalue weighted by Gasteiger charge is -2.43. The molecule has 1 saturated carbocycles. The molecule has 0 spiro atoms. The molecule has 0 amide bonds. The number of aliphatic hydroxyl groups excluding tert-OH is 5. The average molecular weight is 979 g/mol. The molecule has 0 bridgehead atoms. The van der Waals surface area contributed by atoms with Crippen LogP contribution in [-0.4, -0.2) is 114 Å². The Balaban J connectivity index is 2.66. The van der Waals surface area contributed by atoms with Gasteiger partial charge in [0, 0.05) is 12.8 Å². The number of aliphatic hydroxyl groups is 5. The predicted molar refractivity (Wildman–Crippen MR) is 252 cm³/mol. The monoisotopic (exact) mass is 978 g/mol. The smallest absolute Gasteiger partial charge is 0.462 e. The minimum atomic E-state index is -5.38. The van der Waals surface area contributed by atoms with Crippen LogP contribution in [0.25, 0.3) is 0 Å². The van der Waals surface area contributed by atoms with Crippen LogP contribution in [0.1, 0.15) is 149 Å². The molecular formula is C47H80O17P2. The summed E-state index contributed by atoms with van der Waals surface area (Å²) in [6, 6.07) is 0. The highest BCUT2D eigenvalue weighted by atomic mass is 31.2. The molecular weight excluding hydrogens is 898 g/mol. The van der Waals surface area contributed by atoms with Crippen LogP contribution in [0.2, 0.25) is 0 Å². The number of carbonyl (C=O) groups excluding carboxylic acids is 2. The van der Waals surface area contributed by atoms with Gasteiger partial charge in [-0.1, -0.05) is 132 Å². The van der Waals surface area contributed by atoms with Crippen LogP contribution in [0.4, 0.5) is 0 Å². The Bertz CT molecular complexity index is 1570. The fourth-order valence-electron chi connectivity index (χ4n) is 6.60. The molecule has 0 heterocycles. The molecule has 1 rings (SSSR count). The second-order valence-corrected chi connectivity index (χ2v) is 18.9. The zero-order valence-electron chi connectivity index (χ0n) is 39.0. The molecule has 0 aromatic rings. The fourth-order valence-corrected chi connectivity index (χ4v) is 8.13. The lowest BCUT2D eigenvalue weighted by molar-refractivity contribution is -0.216. The fraction of sp³-hybridized carbons (Fsp3) is 0.702. The lowest BCUT2D eigenvalue weighted by atomic mass is 9.85. The van der Waals surface area contributed by atoms with Gasteiger partial charge in [-0.05, 0) is 77.0 Å². The van der Waals surface area contributed by atoms with Crippen LogP contribution in [0.3, 0.4) is 0 Å². The summed E-state index contributed by atoms with van der Waals surface area (Å²) in [5.41, 5.74) is 0. The van der Waals surface area contributed by atoms with Crippen LogP contribution < -0.4 is 0 Å². The number of rotatable bonds is 38. The molecule has 0 aromatic carbocycles. The van der Waals surface area contributed by atoms with E-state index in [4.69, 9.17) is 28.3 Å². The van der Waals surface area contributed by atoms with E-state index in [9.17, 15) is 49.1 Å². The summed E-state index contributed by atoms with van der Waals surface area (Å²) >= 11 is 0. The van der Waals surface area contributed by atoms with Crippen LogP contribution >= 0.6 is 15.6 Å². The van der Waals surface area contributed by atoms with Crippen molar-refractivity contribution in [3.05, 3.63) is 72.9 Å². The second-order valence-electron chi connectivity index (χ2n) is 16.3. The molecule has 17 nitrogen and oxygen atoms in total. The van der Waals surface area contributed by atoms with Crippen molar-refractivity contribution < 1.29 is 82.0 Å². The molecule has 19 heteroatoms. The van der Waals surface area contributed by atoms with Crippen LogP contribution in [0.5, 0.6) is 0 Å². The van der Waals surface area contributed by atoms with Crippen LogP contribution in [0.15, 0.2) is 72.9 Å². The van der Waals surface area contributed by atoms with Crippen molar-refractivity contribution in [1.82, 2.24) is 0 Å². The first-order valence-electron chi connectivity index (χ1n) is 23.6. The minimum absolute atomic E-state index is 0.00467. The normalized spacial score (nSPS) is 22.6. The summed E-state index contributed by atoms with van der Waals surface area (Å²) in [6.45, 7) is 2.85. The van der Waals surface area contributed by atoms with Crippen molar-refractivity contribution in [3.8, 4) is 0 Å². The van der Waals surface area contributed by atoms with E-state index in [2.05, 4.69) is 48.8 Å². The van der Waals surface area contributed by atoms with E-state index < -0.39 is 89.6 Å². The summed E-state index contributed by atoms with van der Waals surface area (Å²) in [5, 5.41) is 51.0. The molecule has 66 heavy (non-hydrogen) atoms. The highest BCUT2D eigenvalue weighted by molar-refractivity contribution is 7.47. The molecule has 0 aliphatic heterocycles. The number of hydrogen-bond acceptors (Lipinski definition) is 14. The molecule has 380 valence electrons. The zero-order chi connectivity index (χ0) is 49.1. The SMILES string of the molecule is CCCCC/C=C\C/C=C\CCCCCCCC(=O)O[C@H](COC(=O)CCC/C=C\C/C=C\C/C=C\C/C=C\[C@@H](O)CCCC)COP(=O)(O)O[C@H]1C(O)C(O)C(O)[C@@H](OP(=O)(O)O)C1O. The Morgan fingerprint density at radius 1 is 0.545 bits per heavy atom. The van der Waals surface area contributed by atoms with Crippen molar-refractivity contribution >= 4 is 27.6 Å². The Hall–Kier alpha value is -2.60. The average Bonchev–Trinajstić information content (AvgIpc) is 3.27. The Morgan fingerprint density at radius 3 is 1.61 bits per heavy atom. The largest absolute Gasteiger partial charge is 0.472 e. The Morgan fingerprint density at radius 2 is 1.03 bits per heavy atom. The predicted octanol–water partition coefficient (Wildman–Crippen LogP) is 7.81. The summed E-state index contributed by atoms with van der Waals surface area (Å²) in [4.78, 5) is 54.2. The van der Waals surface area contributed by atoms with E-state index in [1.807, 2.05) is 42.5 Å². The number of phosphoric ester groups is 2. The van der Waals surface area contributed by atoms with Gasteiger partial charge in [-0.15, -0.1) is 0 Å². The molecule has 0 aromatic heterocycles. The van der Waals surface area contributed by atoms with E-state index in [-0.39, 0.29) is 12.8 Å². The van der Waals surface area contributed by atoms with Gasteiger partial charge in [-0.2, -0.15) is 0 Å². The van der Waals surface area contributed by atoms with Crippen molar-refractivity contribution in [2.24, 2.45) is 0 Å². The first-order chi connectivity index (χ1) is 31.5. The van der Waals surface area contributed by atoms with Gasteiger partial charge in [0.1, 0.15) is 43.2 Å². The van der Waals surface area contributed by atoms with Crippen LogP contribution in [0, 0.1) is 0 Å². The Kier molecular flexibility index (Phi) is 34.7. The van der Waals surface area contributed by atoms with Crippen molar-refractivity contribution in [2.45, 2.75) is 198 Å². The van der Waals surface area contributed by atoms with E-state index in [1.54, 1.807) is 0 Å². The summed E-state index contributed by atoms with van der Waals surface area (Å²) in [7, 11) is -10.7. The third-order valence-electron chi connectivity index (χ3n) is 10.3. The summed E-state index contributed by atoms with van der Waals surface area (Å²) in [6.07, 6.45) is 26.3. The van der Waals surface area contributed by atoms with Gasteiger partial charge in [0.05, 0.1) is 12.7 Å². The molecule has 1 fully saturated rings. The van der Waals surface area contributed by atoms with Gasteiger partial charge in [0.2, 0.25) is 0 Å². The van der Waals surface area contributed by atoms with Gasteiger partial charge in [-0.25, -0.2) is 9.13 Å². The standard InChI is InChI=1S/C47H80O17P2/c1-3-5-7-8-9-10-11-12-13-14-19-22-25-28-31-35-41(50)62-39(37-61-66(58,59)64-47-44(53)42(51)43(52)46(45(47)54)63-65(55,56)57)36-60-40(49)34-30-27-24-21-18-16-15-17-20-23-26-29-33-38(48)32-6-4-2/h9-10,12-13,15-16,20-21,23-24,29,33,38-39,42-48,51-54H,3-8,11,14,17-19,22,25-28,30-32,34-37H2,1-2H3,(H,58,59)(H2,55,56,57)/b10-9-,13-12-,16-15-,23-20-,24-21-,33-29-/t38-,39+,42?,43?,44?,45?,46+,47-/m0/s1. The maximum atomic E-state index is 13.0. The second kappa shape index (κ2) is 37.3. The molecule has 8 N–H and O–H groups in total. The molecule has 1 aliphatic rings. The number of esters is 2. The Labute approximate surface area is 392 Å². The van der Waals surface area contributed by atoms with E-state index in [1.165, 1.54) is 19.3 Å². The number of ether oxygens (including phenoxy) is 2. The highest BCUT2D eigenvalue weighted by Crippen LogP contribution is 2.49. The number of carbonyl (C=O) groups is 2. The van der Waals surface area contributed by atoms with Crippen molar-refractivity contribution in [1.29, 1.82) is 0 Å². The summed E-state index contributed by atoms with van der Waals surface area (Å²) < 4.78 is 49.3.